The van der Waals surface area contributed by atoms with Crippen LogP contribution in [0.15, 0.2) is 39.4 Å². The van der Waals surface area contributed by atoms with Crippen LogP contribution in [0.2, 0.25) is 0 Å². The van der Waals surface area contributed by atoms with E-state index in [1.165, 1.54) is 0 Å². The summed E-state index contributed by atoms with van der Waals surface area (Å²) in [6.07, 6.45) is 4.78. The summed E-state index contributed by atoms with van der Waals surface area (Å²) in [6.45, 7) is 2.05. The average molecular weight is 262 g/mol. The fraction of sp³-hybridized carbons (Fsp3) is 0.200. The summed E-state index contributed by atoms with van der Waals surface area (Å²) in [5, 5.41) is 17.3. The van der Waals surface area contributed by atoms with E-state index < -0.39 is 0 Å². The first kappa shape index (κ1) is 11.0. The van der Waals surface area contributed by atoms with E-state index in [9.17, 15) is 0 Å². The summed E-state index contributed by atoms with van der Waals surface area (Å²) in [4.78, 5) is 0. The molecule has 0 aromatic carbocycles. The third kappa shape index (κ3) is 1.90. The highest BCUT2D eigenvalue weighted by Crippen LogP contribution is 2.15. The minimum Gasteiger partial charge on any atom is -0.463 e. The van der Waals surface area contributed by atoms with Crippen LogP contribution in [0.25, 0.3) is 5.78 Å². The van der Waals surface area contributed by atoms with Crippen molar-refractivity contribution in [2.24, 2.45) is 5.10 Å². The second-order valence-corrected chi connectivity index (χ2v) is 4.59. The Morgan fingerprint density at radius 2 is 2.44 bits per heavy atom. The van der Waals surface area contributed by atoms with E-state index in [1.807, 2.05) is 6.07 Å². The zero-order chi connectivity index (χ0) is 12.4. The number of fused-ring (bicyclic) bond motifs is 1. The van der Waals surface area contributed by atoms with Gasteiger partial charge in [-0.1, -0.05) is 18.7 Å². The molecule has 3 rings (SSSR count). The fourth-order valence-corrected chi connectivity index (χ4v) is 2.05. The summed E-state index contributed by atoms with van der Waals surface area (Å²) in [5.74, 6) is 2.17. The molecule has 3 heterocycles. The van der Waals surface area contributed by atoms with E-state index >= 15 is 0 Å². The average Bonchev–Trinajstić information content (AvgIpc) is 3.05. The number of rotatable bonds is 4. The van der Waals surface area contributed by atoms with Crippen molar-refractivity contribution in [3.05, 3.63) is 30.5 Å². The number of hydrogen-bond donors (Lipinski definition) is 0. The van der Waals surface area contributed by atoms with Gasteiger partial charge in [-0.15, -0.1) is 10.2 Å². The van der Waals surface area contributed by atoms with Gasteiger partial charge in [-0.3, -0.25) is 0 Å². The van der Waals surface area contributed by atoms with Crippen molar-refractivity contribution >= 4 is 23.8 Å². The second kappa shape index (κ2) is 4.65. The number of furan rings is 1. The Morgan fingerprint density at radius 1 is 1.50 bits per heavy atom. The first-order valence-corrected chi connectivity index (χ1v) is 6.36. The van der Waals surface area contributed by atoms with Crippen molar-refractivity contribution in [1.82, 2.24) is 24.5 Å². The van der Waals surface area contributed by atoms with Crippen LogP contribution in [0, 0.1) is 0 Å². The van der Waals surface area contributed by atoms with Crippen LogP contribution >= 0.6 is 11.8 Å². The molecule has 0 fully saturated rings. The van der Waals surface area contributed by atoms with Gasteiger partial charge < -0.3 is 4.42 Å². The van der Waals surface area contributed by atoms with Gasteiger partial charge in [0.25, 0.3) is 5.78 Å². The molecule has 0 aliphatic carbocycles. The van der Waals surface area contributed by atoms with Gasteiger partial charge in [0.15, 0.2) is 0 Å². The van der Waals surface area contributed by atoms with Crippen molar-refractivity contribution in [3.8, 4) is 0 Å². The highest BCUT2D eigenvalue weighted by molar-refractivity contribution is 7.99. The molecule has 0 bridgehead atoms. The molecule has 0 amide bonds. The molecule has 0 aliphatic rings. The van der Waals surface area contributed by atoms with Crippen molar-refractivity contribution in [1.29, 1.82) is 0 Å². The highest BCUT2D eigenvalue weighted by Gasteiger charge is 2.10. The SMILES string of the molecule is CCSc1nnc2n(N=Cc3ccco3)cnn12. The Morgan fingerprint density at radius 3 is 3.22 bits per heavy atom. The normalized spacial score (nSPS) is 11.8. The Labute approximate surface area is 106 Å². The van der Waals surface area contributed by atoms with E-state index in [0.29, 0.717) is 11.5 Å². The summed E-state index contributed by atoms with van der Waals surface area (Å²) >= 11 is 1.58. The molecule has 3 aromatic heterocycles. The molecule has 0 spiro atoms. The van der Waals surface area contributed by atoms with Crippen molar-refractivity contribution in [2.75, 3.05) is 5.75 Å². The van der Waals surface area contributed by atoms with Crippen molar-refractivity contribution in [2.45, 2.75) is 12.1 Å². The highest BCUT2D eigenvalue weighted by atomic mass is 32.2. The molecule has 0 atom stereocenters. The lowest BCUT2D eigenvalue weighted by Gasteiger charge is -1.89. The van der Waals surface area contributed by atoms with Gasteiger partial charge in [0.1, 0.15) is 12.1 Å². The Hall–Kier alpha value is -2.09. The molecule has 7 nitrogen and oxygen atoms in total. The number of thioether (sulfide) groups is 1. The minimum absolute atomic E-state index is 0.578. The topological polar surface area (TPSA) is 73.5 Å². The summed E-state index contributed by atoms with van der Waals surface area (Å²) < 4.78 is 8.37. The van der Waals surface area contributed by atoms with Gasteiger partial charge in [-0.25, -0.2) is 0 Å². The zero-order valence-electron chi connectivity index (χ0n) is 9.59. The van der Waals surface area contributed by atoms with E-state index in [2.05, 4.69) is 27.3 Å². The number of nitrogens with zero attached hydrogens (tertiary/aromatic N) is 6. The van der Waals surface area contributed by atoms with Crippen LogP contribution in [0.3, 0.4) is 0 Å². The molecule has 0 saturated heterocycles. The Kier molecular flexibility index (Phi) is 2.85. The summed E-state index contributed by atoms with van der Waals surface area (Å²) in [5.41, 5.74) is 0. The van der Waals surface area contributed by atoms with E-state index in [1.54, 1.807) is 45.8 Å². The summed E-state index contributed by atoms with van der Waals surface area (Å²) in [7, 11) is 0. The number of aromatic nitrogens is 5. The molecule has 0 aliphatic heterocycles. The summed E-state index contributed by atoms with van der Waals surface area (Å²) in [6, 6.07) is 3.62. The monoisotopic (exact) mass is 262 g/mol. The zero-order valence-corrected chi connectivity index (χ0v) is 10.4. The third-order valence-corrected chi connectivity index (χ3v) is 3.00. The third-order valence-electron chi connectivity index (χ3n) is 2.20. The molecule has 0 N–H and O–H groups in total. The van der Waals surface area contributed by atoms with Gasteiger partial charge in [-0.2, -0.15) is 19.4 Å². The lowest BCUT2D eigenvalue weighted by molar-refractivity contribution is 0.559. The lowest BCUT2D eigenvalue weighted by atomic mass is 10.5. The van der Waals surface area contributed by atoms with E-state index in [0.717, 1.165) is 10.9 Å². The smallest absolute Gasteiger partial charge is 0.275 e. The van der Waals surface area contributed by atoms with Crippen LogP contribution < -0.4 is 0 Å². The molecule has 0 saturated carbocycles. The molecule has 3 aromatic rings. The first-order valence-electron chi connectivity index (χ1n) is 5.38. The Balaban J connectivity index is 1.93. The molecule has 92 valence electrons. The van der Waals surface area contributed by atoms with Crippen LogP contribution in [0.5, 0.6) is 0 Å². The Bertz CT molecular complexity index is 668. The van der Waals surface area contributed by atoms with E-state index in [4.69, 9.17) is 4.42 Å². The second-order valence-electron chi connectivity index (χ2n) is 3.36. The van der Waals surface area contributed by atoms with Crippen LogP contribution in [0.1, 0.15) is 12.7 Å². The van der Waals surface area contributed by atoms with E-state index in [-0.39, 0.29) is 0 Å². The van der Waals surface area contributed by atoms with Crippen molar-refractivity contribution in [3.63, 3.8) is 0 Å². The maximum Gasteiger partial charge on any atom is 0.275 e. The van der Waals surface area contributed by atoms with Gasteiger partial charge in [0, 0.05) is 0 Å². The van der Waals surface area contributed by atoms with Gasteiger partial charge in [0.05, 0.1) is 12.5 Å². The standard InChI is InChI=1S/C10H10N6OS/c1-2-18-10-14-13-9-15(7-12-16(9)10)11-6-8-4-3-5-17-8/h3-7H,2H2,1H3. The maximum absolute atomic E-state index is 5.16. The van der Waals surface area contributed by atoms with Gasteiger partial charge in [-0.05, 0) is 17.9 Å². The quantitative estimate of drug-likeness (QED) is 0.526. The van der Waals surface area contributed by atoms with Crippen LogP contribution in [-0.4, -0.2) is 36.5 Å². The fourth-order valence-electron chi connectivity index (χ4n) is 1.44. The lowest BCUT2D eigenvalue weighted by Crippen LogP contribution is -1.90. The van der Waals surface area contributed by atoms with Crippen LogP contribution in [-0.2, 0) is 0 Å². The maximum atomic E-state index is 5.16. The van der Waals surface area contributed by atoms with Gasteiger partial charge in [0.2, 0.25) is 5.16 Å². The molecule has 0 radical (unpaired) electrons. The predicted octanol–water partition coefficient (Wildman–Crippen LogP) is 1.51. The molecule has 8 heteroatoms. The molecular formula is C10H10N6OS. The first-order chi connectivity index (χ1) is 8.88. The molecular weight excluding hydrogens is 252 g/mol. The predicted molar refractivity (Wildman–Crippen MR) is 66.9 cm³/mol. The largest absolute Gasteiger partial charge is 0.463 e. The van der Waals surface area contributed by atoms with Gasteiger partial charge >= 0.3 is 0 Å². The molecule has 0 unspecified atom stereocenters. The molecule has 18 heavy (non-hydrogen) atoms. The number of hydrogen-bond acceptors (Lipinski definition) is 6. The van der Waals surface area contributed by atoms with Crippen LogP contribution in [0.4, 0.5) is 0 Å². The minimum atomic E-state index is 0.578. The van der Waals surface area contributed by atoms with Crippen molar-refractivity contribution < 1.29 is 4.42 Å².